The number of hydrogen-bond donors (Lipinski definition) is 1. The van der Waals surface area contributed by atoms with Gasteiger partial charge in [0.25, 0.3) is 11.2 Å². The molecule has 0 atom stereocenters. The third-order valence-corrected chi connectivity index (χ3v) is 4.97. The SMILES string of the molecule is O=c1c(N=Nc2cc(Cl)ccc2Cl)c(-c2ccccc2)[nH]n1-c1ccc([N+](=O)[O-])cc1. The number of H-pyrrole nitrogens is 1. The molecule has 4 rings (SSSR count). The summed E-state index contributed by atoms with van der Waals surface area (Å²) in [6.45, 7) is 0. The highest BCUT2D eigenvalue weighted by molar-refractivity contribution is 6.35. The van der Waals surface area contributed by atoms with Crippen molar-refractivity contribution in [3.63, 3.8) is 0 Å². The molecule has 1 aromatic heterocycles. The number of rotatable bonds is 5. The lowest BCUT2D eigenvalue weighted by Gasteiger charge is -2.02. The van der Waals surface area contributed by atoms with Crippen LogP contribution in [0.15, 0.2) is 87.8 Å². The van der Waals surface area contributed by atoms with Crippen LogP contribution in [-0.2, 0) is 0 Å². The molecule has 0 fully saturated rings. The van der Waals surface area contributed by atoms with Gasteiger partial charge < -0.3 is 0 Å². The second-order valence-corrected chi connectivity index (χ2v) is 7.25. The third-order valence-electron chi connectivity index (χ3n) is 4.41. The molecule has 0 saturated heterocycles. The molecule has 154 valence electrons. The lowest BCUT2D eigenvalue weighted by atomic mass is 10.1. The van der Waals surface area contributed by atoms with Crippen LogP contribution < -0.4 is 5.56 Å². The van der Waals surface area contributed by atoms with Crippen LogP contribution in [0.4, 0.5) is 17.1 Å². The van der Waals surface area contributed by atoms with E-state index in [2.05, 4.69) is 15.3 Å². The maximum absolute atomic E-state index is 13.1. The van der Waals surface area contributed by atoms with Gasteiger partial charge in [0, 0.05) is 22.7 Å². The lowest BCUT2D eigenvalue weighted by Crippen LogP contribution is -2.13. The molecule has 1 N–H and O–H groups in total. The van der Waals surface area contributed by atoms with Gasteiger partial charge in [-0.3, -0.25) is 20.0 Å². The second-order valence-electron chi connectivity index (χ2n) is 6.41. The Balaban J connectivity index is 1.85. The highest BCUT2D eigenvalue weighted by Crippen LogP contribution is 2.32. The number of nitro groups is 1. The van der Waals surface area contributed by atoms with E-state index < -0.39 is 10.5 Å². The topological polar surface area (TPSA) is 106 Å². The van der Waals surface area contributed by atoms with E-state index in [1.165, 1.54) is 35.0 Å². The molecule has 8 nitrogen and oxygen atoms in total. The number of benzene rings is 3. The minimum absolute atomic E-state index is 0.0561. The molecule has 4 aromatic rings. The van der Waals surface area contributed by atoms with Gasteiger partial charge in [-0.25, -0.2) is 4.68 Å². The Labute approximate surface area is 185 Å². The van der Waals surface area contributed by atoms with Crippen molar-refractivity contribution in [2.45, 2.75) is 0 Å². The van der Waals surface area contributed by atoms with Crippen molar-refractivity contribution in [3.8, 4) is 16.9 Å². The fourth-order valence-electron chi connectivity index (χ4n) is 2.90. The molecule has 31 heavy (non-hydrogen) atoms. The zero-order chi connectivity index (χ0) is 22.0. The van der Waals surface area contributed by atoms with E-state index in [4.69, 9.17) is 23.2 Å². The number of aromatic nitrogens is 2. The van der Waals surface area contributed by atoms with Gasteiger partial charge in [-0.2, -0.15) is 0 Å². The summed E-state index contributed by atoms with van der Waals surface area (Å²) in [5, 5.41) is 23.0. The minimum atomic E-state index is -0.509. The summed E-state index contributed by atoms with van der Waals surface area (Å²) in [7, 11) is 0. The maximum atomic E-state index is 13.1. The number of azo groups is 1. The average Bonchev–Trinajstić information content (AvgIpc) is 3.11. The number of aromatic amines is 1. The molecule has 0 spiro atoms. The fourth-order valence-corrected chi connectivity index (χ4v) is 3.22. The summed E-state index contributed by atoms with van der Waals surface area (Å²) < 4.78 is 1.25. The Kier molecular flexibility index (Phi) is 5.66. The zero-order valence-electron chi connectivity index (χ0n) is 15.7. The number of halogens is 2. The van der Waals surface area contributed by atoms with Crippen molar-refractivity contribution in [2.24, 2.45) is 10.2 Å². The summed E-state index contributed by atoms with van der Waals surface area (Å²) in [6.07, 6.45) is 0. The van der Waals surface area contributed by atoms with Crippen LogP contribution in [0.2, 0.25) is 10.0 Å². The van der Waals surface area contributed by atoms with Gasteiger partial charge in [-0.1, -0.05) is 53.5 Å². The van der Waals surface area contributed by atoms with Crippen molar-refractivity contribution in [1.82, 2.24) is 9.78 Å². The quantitative estimate of drug-likeness (QED) is 0.212. The van der Waals surface area contributed by atoms with Gasteiger partial charge in [0.15, 0.2) is 5.69 Å². The average molecular weight is 454 g/mol. The van der Waals surface area contributed by atoms with E-state index in [1.54, 1.807) is 12.1 Å². The van der Waals surface area contributed by atoms with Crippen LogP contribution in [0, 0.1) is 10.1 Å². The summed E-state index contributed by atoms with van der Waals surface area (Å²) >= 11 is 12.1. The van der Waals surface area contributed by atoms with Gasteiger partial charge in [0.2, 0.25) is 0 Å². The number of nitro benzene ring substituents is 1. The first kappa shape index (κ1) is 20.5. The molecule has 0 aliphatic heterocycles. The highest BCUT2D eigenvalue weighted by Gasteiger charge is 2.18. The molecule has 0 saturated carbocycles. The van der Waals surface area contributed by atoms with E-state index in [9.17, 15) is 14.9 Å². The van der Waals surface area contributed by atoms with E-state index in [0.717, 1.165) is 0 Å². The largest absolute Gasteiger partial charge is 0.299 e. The number of nitrogens with zero attached hydrogens (tertiary/aromatic N) is 4. The minimum Gasteiger partial charge on any atom is -0.288 e. The molecule has 0 unspecified atom stereocenters. The van der Waals surface area contributed by atoms with Crippen molar-refractivity contribution in [1.29, 1.82) is 0 Å². The van der Waals surface area contributed by atoms with Crippen molar-refractivity contribution in [2.75, 3.05) is 0 Å². The molecule has 1 heterocycles. The van der Waals surface area contributed by atoms with E-state index in [-0.39, 0.29) is 11.4 Å². The van der Waals surface area contributed by atoms with Gasteiger partial charge in [0.05, 0.1) is 21.3 Å². The van der Waals surface area contributed by atoms with Gasteiger partial charge >= 0.3 is 0 Å². The molecule has 0 radical (unpaired) electrons. The first-order valence-corrected chi connectivity index (χ1v) is 9.71. The lowest BCUT2D eigenvalue weighted by molar-refractivity contribution is -0.384. The van der Waals surface area contributed by atoms with Crippen molar-refractivity contribution in [3.05, 3.63) is 103 Å². The smallest absolute Gasteiger partial charge is 0.288 e. The Morgan fingerprint density at radius 2 is 1.65 bits per heavy atom. The molecule has 0 bridgehead atoms. The molecular weight excluding hydrogens is 441 g/mol. The van der Waals surface area contributed by atoms with Gasteiger partial charge in [-0.05, 0) is 30.3 Å². The molecule has 3 aromatic carbocycles. The Hall–Kier alpha value is -3.75. The predicted octanol–water partition coefficient (Wildman–Crippen LogP) is 6.46. The second kappa shape index (κ2) is 8.55. The van der Waals surface area contributed by atoms with E-state index in [0.29, 0.717) is 32.7 Å². The van der Waals surface area contributed by atoms with Crippen LogP contribution in [0.1, 0.15) is 0 Å². The van der Waals surface area contributed by atoms with Crippen LogP contribution in [0.3, 0.4) is 0 Å². The van der Waals surface area contributed by atoms with Crippen LogP contribution in [0.25, 0.3) is 16.9 Å². The molecule has 0 aliphatic rings. The van der Waals surface area contributed by atoms with E-state index in [1.807, 2.05) is 30.3 Å². The fraction of sp³-hybridized carbons (Fsp3) is 0. The van der Waals surface area contributed by atoms with E-state index >= 15 is 0 Å². The van der Waals surface area contributed by atoms with Crippen LogP contribution >= 0.6 is 23.2 Å². The number of hydrogen-bond acceptors (Lipinski definition) is 5. The normalized spacial score (nSPS) is 11.2. The molecule has 10 heteroatoms. The first-order valence-electron chi connectivity index (χ1n) is 8.96. The van der Waals surface area contributed by atoms with Gasteiger partial charge in [-0.15, -0.1) is 10.2 Å². The maximum Gasteiger partial charge on any atom is 0.299 e. The van der Waals surface area contributed by atoms with Gasteiger partial charge in [0.1, 0.15) is 5.69 Å². The first-order chi connectivity index (χ1) is 14.9. The summed E-state index contributed by atoms with van der Waals surface area (Å²) in [5.74, 6) is 0. The highest BCUT2D eigenvalue weighted by atomic mass is 35.5. The zero-order valence-corrected chi connectivity index (χ0v) is 17.2. The molecular formula is C21H13Cl2N5O3. The van der Waals surface area contributed by atoms with Crippen molar-refractivity contribution >= 4 is 40.3 Å². The Bertz CT molecular complexity index is 1350. The predicted molar refractivity (Wildman–Crippen MR) is 119 cm³/mol. The number of non-ortho nitro benzene ring substituents is 1. The summed E-state index contributed by atoms with van der Waals surface area (Å²) in [4.78, 5) is 23.5. The van der Waals surface area contributed by atoms with Crippen LogP contribution in [-0.4, -0.2) is 14.7 Å². The third kappa shape index (κ3) is 4.25. The summed E-state index contributed by atoms with van der Waals surface area (Å²) in [5.41, 5.74) is 1.38. The van der Waals surface area contributed by atoms with Crippen LogP contribution in [0.5, 0.6) is 0 Å². The molecule has 0 amide bonds. The Morgan fingerprint density at radius 1 is 0.935 bits per heavy atom. The Morgan fingerprint density at radius 3 is 2.32 bits per heavy atom. The number of nitrogens with one attached hydrogen (secondary N) is 1. The molecule has 0 aliphatic carbocycles. The van der Waals surface area contributed by atoms with Crippen molar-refractivity contribution < 1.29 is 4.92 Å². The monoisotopic (exact) mass is 453 g/mol. The standard InChI is InChI=1S/C21H13Cl2N5O3/c22-14-6-11-17(23)18(12-14)24-25-20-19(13-4-2-1-3-5-13)26-27(21(20)29)15-7-9-16(10-8-15)28(30)31/h1-12,26H. The summed E-state index contributed by atoms with van der Waals surface area (Å²) in [6, 6.07) is 19.5.